The zero-order chi connectivity index (χ0) is 15.7. The van der Waals surface area contributed by atoms with Crippen molar-refractivity contribution < 1.29 is 12.8 Å². The molecule has 4 nitrogen and oxygen atoms in total. The molecule has 0 unspecified atom stereocenters. The summed E-state index contributed by atoms with van der Waals surface area (Å²) < 4.78 is 40.8. The van der Waals surface area contributed by atoms with E-state index in [1.165, 1.54) is 23.2 Å². The molecule has 1 aliphatic carbocycles. The van der Waals surface area contributed by atoms with E-state index >= 15 is 0 Å². The van der Waals surface area contributed by atoms with E-state index in [2.05, 4.69) is 5.32 Å². The summed E-state index contributed by atoms with van der Waals surface area (Å²) in [5.41, 5.74) is 0.363. The van der Waals surface area contributed by atoms with Crippen LogP contribution in [0.4, 0.5) is 4.39 Å². The lowest BCUT2D eigenvalue weighted by Gasteiger charge is -2.32. The largest absolute Gasteiger partial charge is 0.314 e. The summed E-state index contributed by atoms with van der Waals surface area (Å²) in [6, 6.07) is 4.92. The number of sulfonamides is 1. The summed E-state index contributed by atoms with van der Waals surface area (Å²) >= 11 is 0. The minimum atomic E-state index is -3.73. The molecule has 0 bridgehead atoms. The smallest absolute Gasteiger partial charge is 0.245 e. The van der Waals surface area contributed by atoms with Crippen LogP contribution in [0, 0.1) is 18.7 Å². The van der Waals surface area contributed by atoms with Gasteiger partial charge in [0.25, 0.3) is 0 Å². The minimum absolute atomic E-state index is 0. The number of piperidine rings is 1. The molecule has 1 N–H and O–H groups in total. The average Bonchev–Trinajstić information content (AvgIpc) is 3.32. The molecule has 7 heteroatoms. The van der Waals surface area contributed by atoms with Crippen LogP contribution in [-0.2, 0) is 10.0 Å². The van der Waals surface area contributed by atoms with E-state index in [1.807, 2.05) is 0 Å². The fourth-order valence-corrected chi connectivity index (χ4v) is 4.52. The van der Waals surface area contributed by atoms with Crippen molar-refractivity contribution in [1.82, 2.24) is 9.62 Å². The van der Waals surface area contributed by atoms with Crippen LogP contribution in [0.1, 0.15) is 31.2 Å². The molecule has 0 spiro atoms. The Bertz CT molecular complexity index is 641. The number of halogens is 2. The molecule has 1 aliphatic heterocycles. The number of hydrogen-bond donors (Lipinski definition) is 1. The van der Waals surface area contributed by atoms with Gasteiger partial charge in [-0.25, -0.2) is 12.8 Å². The van der Waals surface area contributed by atoms with Gasteiger partial charge < -0.3 is 5.32 Å². The molecule has 2 fully saturated rings. The van der Waals surface area contributed by atoms with Crippen molar-refractivity contribution in [1.29, 1.82) is 0 Å². The monoisotopic (exact) mass is 362 g/mol. The summed E-state index contributed by atoms with van der Waals surface area (Å²) in [5.74, 6) is 0.194. The van der Waals surface area contributed by atoms with Gasteiger partial charge in [-0.15, -0.1) is 12.4 Å². The third-order valence-electron chi connectivity index (χ3n) is 4.62. The minimum Gasteiger partial charge on any atom is -0.314 e. The summed E-state index contributed by atoms with van der Waals surface area (Å²) in [6.07, 6.45) is 4.21. The lowest BCUT2D eigenvalue weighted by atomic mass is 10.1. The lowest BCUT2D eigenvalue weighted by Crippen LogP contribution is -2.45. The first-order valence-corrected chi connectivity index (χ1v) is 9.41. The molecule has 130 valence electrons. The second-order valence-electron chi connectivity index (χ2n) is 6.42. The molecule has 0 atom stereocenters. The summed E-state index contributed by atoms with van der Waals surface area (Å²) in [6.45, 7) is 3.54. The van der Waals surface area contributed by atoms with E-state index in [1.54, 1.807) is 19.1 Å². The van der Waals surface area contributed by atoms with Crippen LogP contribution in [0.15, 0.2) is 23.1 Å². The first-order valence-electron chi connectivity index (χ1n) is 7.97. The molecule has 0 radical (unpaired) electrons. The van der Waals surface area contributed by atoms with Gasteiger partial charge in [0, 0.05) is 19.1 Å². The number of benzene rings is 1. The number of aryl methyl sites for hydroxylation is 1. The van der Waals surface area contributed by atoms with Gasteiger partial charge in [-0.1, -0.05) is 12.1 Å². The standard InChI is InChI=1S/C16H23FN2O2S.ClH/c1-12-3-2-4-15(16(12)17)22(20,21)19-9-7-14(8-10-19)18-11-13-5-6-13;/h2-4,13-14,18H,5-11H2,1H3;1H. The van der Waals surface area contributed by atoms with Gasteiger partial charge in [0.2, 0.25) is 10.0 Å². The highest BCUT2D eigenvalue weighted by Gasteiger charge is 2.32. The Labute approximate surface area is 143 Å². The quantitative estimate of drug-likeness (QED) is 0.876. The Balaban J connectivity index is 0.00000192. The van der Waals surface area contributed by atoms with Crippen molar-refractivity contribution in [2.24, 2.45) is 5.92 Å². The van der Waals surface area contributed by atoms with Crippen LogP contribution in [-0.4, -0.2) is 38.4 Å². The lowest BCUT2D eigenvalue weighted by molar-refractivity contribution is 0.287. The predicted molar refractivity (Wildman–Crippen MR) is 90.9 cm³/mol. The van der Waals surface area contributed by atoms with Crippen LogP contribution in [0.3, 0.4) is 0 Å². The van der Waals surface area contributed by atoms with Gasteiger partial charge in [-0.3, -0.25) is 0 Å². The molecule has 0 aromatic heterocycles. The van der Waals surface area contributed by atoms with E-state index in [-0.39, 0.29) is 17.3 Å². The highest BCUT2D eigenvalue weighted by atomic mass is 35.5. The Morgan fingerprint density at radius 3 is 2.48 bits per heavy atom. The molecule has 2 aliphatic rings. The molecular weight excluding hydrogens is 339 g/mol. The fraction of sp³-hybridized carbons (Fsp3) is 0.625. The van der Waals surface area contributed by atoms with E-state index in [0.29, 0.717) is 24.7 Å². The molecule has 0 amide bonds. The van der Waals surface area contributed by atoms with Gasteiger partial charge >= 0.3 is 0 Å². The molecule has 23 heavy (non-hydrogen) atoms. The zero-order valence-electron chi connectivity index (χ0n) is 13.3. The van der Waals surface area contributed by atoms with Crippen LogP contribution >= 0.6 is 12.4 Å². The Hall–Kier alpha value is -0.690. The van der Waals surface area contributed by atoms with Crippen molar-refractivity contribution >= 4 is 22.4 Å². The molecule has 1 aromatic carbocycles. The fourth-order valence-electron chi connectivity index (χ4n) is 2.91. The maximum Gasteiger partial charge on any atom is 0.245 e. The first kappa shape index (κ1) is 18.6. The van der Waals surface area contributed by atoms with Crippen LogP contribution < -0.4 is 5.32 Å². The highest BCUT2D eigenvalue weighted by molar-refractivity contribution is 7.89. The third-order valence-corrected chi connectivity index (χ3v) is 6.54. The molecule has 1 aromatic rings. The molecule has 3 rings (SSSR count). The maximum absolute atomic E-state index is 14.1. The third kappa shape index (κ3) is 4.24. The van der Waals surface area contributed by atoms with E-state index in [0.717, 1.165) is 25.3 Å². The second kappa shape index (κ2) is 7.47. The van der Waals surface area contributed by atoms with E-state index < -0.39 is 15.8 Å². The van der Waals surface area contributed by atoms with Crippen molar-refractivity contribution in [2.45, 2.75) is 43.5 Å². The highest BCUT2D eigenvalue weighted by Crippen LogP contribution is 2.29. The van der Waals surface area contributed by atoms with Gasteiger partial charge in [0.15, 0.2) is 0 Å². The average molecular weight is 363 g/mol. The Morgan fingerprint density at radius 1 is 1.22 bits per heavy atom. The SMILES string of the molecule is Cc1cccc(S(=O)(=O)N2CCC(NCC3CC3)CC2)c1F.Cl. The summed E-state index contributed by atoms with van der Waals surface area (Å²) in [7, 11) is -3.73. The van der Waals surface area contributed by atoms with Crippen LogP contribution in [0.25, 0.3) is 0 Å². The predicted octanol–water partition coefficient (Wildman–Crippen LogP) is 2.71. The Kier molecular flexibility index (Phi) is 6.05. The molecule has 1 heterocycles. The Morgan fingerprint density at radius 2 is 1.87 bits per heavy atom. The van der Waals surface area contributed by atoms with Gasteiger partial charge in [-0.05, 0) is 56.7 Å². The van der Waals surface area contributed by atoms with Crippen molar-refractivity contribution in [3.63, 3.8) is 0 Å². The molecule has 1 saturated heterocycles. The number of nitrogens with zero attached hydrogens (tertiary/aromatic N) is 1. The number of hydrogen-bond acceptors (Lipinski definition) is 3. The number of rotatable bonds is 5. The summed E-state index contributed by atoms with van der Waals surface area (Å²) in [5, 5.41) is 3.52. The maximum atomic E-state index is 14.1. The second-order valence-corrected chi connectivity index (χ2v) is 8.32. The van der Waals surface area contributed by atoms with Gasteiger partial charge in [-0.2, -0.15) is 4.31 Å². The normalized spacial score (nSPS) is 20.3. The van der Waals surface area contributed by atoms with Crippen molar-refractivity contribution in [2.75, 3.05) is 19.6 Å². The molecule has 1 saturated carbocycles. The van der Waals surface area contributed by atoms with E-state index in [9.17, 15) is 12.8 Å². The van der Waals surface area contributed by atoms with Crippen LogP contribution in [0.5, 0.6) is 0 Å². The van der Waals surface area contributed by atoms with Gasteiger partial charge in [0.1, 0.15) is 10.7 Å². The molecular formula is C16H24ClFN2O2S. The van der Waals surface area contributed by atoms with E-state index in [4.69, 9.17) is 0 Å². The zero-order valence-corrected chi connectivity index (χ0v) is 14.9. The first-order chi connectivity index (χ1) is 10.5. The van der Waals surface area contributed by atoms with Crippen molar-refractivity contribution in [3.8, 4) is 0 Å². The van der Waals surface area contributed by atoms with Gasteiger partial charge in [0.05, 0.1) is 0 Å². The van der Waals surface area contributed by atoms with Crippen molar-refractivity contribution in [3.05, 3.63) is 29.6 Å². The topological polar surface area (TPSA) is 49.4 Å². The summed E-state index contributed by atoms with van der Waals surface area (Å²) in [4.78, 5) is -0.197. The van der Waals surface area contributed by atoms with Crippen LogP contribution in [0.2, 0.25) is 0 Å². The number of nitrogens with one attached hydrogen (secondary N) is 1.